The molecule has 1 rings (SSSR count). The molecular formula is C4H4N2OS3. The van der Waals surface area contributed by atoms with E-state index in [1.165, 1.54) is 11.3 Å². The number of aromatic amines is 1. The zero-order valence-corrected chi connectivity index (χ0v) is 7.35. The number of thiol groups is 1. The lowest BCUT2D eigenvalue weighted by atomic mass is 10.5. The van der Waals surface area contributed by atoms with Gasteiger partial charge in [0.05, 0.1) is 6.42 Å². The third-order valence-electron chi connectivity index (χ3n) is 0.785. The summed E-state index contributed by atoms with van der Waals surface area (Å²) < 4.78 is 0.588. The number of aromatic nitrogens is 2. The smallest absolute Gasteiger partial charge is 0.192 e. The van der Waals surface area contributed by atoms with Gasteiger partial charge in [0, 0.05) is 0 Å². The fraction of sp³-hybridized carbons (Fsp3) is 0.250. The summed E-state index contributed by atoms with van der Waals surface area (Å²) in [4.78, 5) is 10.4. The van der Waals surface area contributed by atoms with Crippen LogP contribution in [-0.4, -0.2) is 15.3 Å². The highest BCUT2D eigenvalue weighted by atomic mass is 32.1. The molecule has 1 N–H and O–H groups in total. The van der Waals surface area contributed by atoms with Gasteiger partial charge in [-0.05, 0) is 12.2 Å². The molecule has 0 fully saturated rings. The molecule has 0 atom stereocenters. The van der Waals surface area contributed by atoms with E-state index in [1.54, 1.807) is 0 Å². The Morgan fingerprint density at radius 1 is 1.90 bits per heavy atom. The Hall–Kier alpha value is -0.200. The predicted molar refractivity (Wildman–Crippen MR) is 45.0 cm³/mol. The van der Waals surface area contributed by atoms with Crippen molar-refractivity contribution in [3.63, 3.8) is 0 Å². The van der Waals surface area contributed by atoms with Crippen LogP contribution in [0.3, 0.4) is 0 Å². The molecule has 54 valence electrons. The van der Waals surface area contributed by atoms with E-state index in [1.807, 2.05) is 0 Å². The number of H-pyrrole nitrogens is 1. The molecule has 1 aromatic rings. The predicted octanol–water partition coefficient (Wildman–Crippen LogP) is 1.20. The Kier molecular flexibility index (Phi) is 2.58. The molecule has 1 aromatic heterocycles. The Bertz CT molecular complexity index is 289. The normalized spacial score (nSPS) is 9.70. The molecule has 0 saturated heterocycles. The summed E-state index contributed by atoms with van der Waals surface area (Å²) in [6.07, 6.45) is 0.251. The van der Waals surface area contributed by atoms with Crippen molar-refractivity contribution in [2.75, 3.05) is 0 Å². The Balaban J connectivity index is 2.76. The zero-order chi connectivity index (χ0) is 7.56. The van der Waals surface area contributed by atoms with E-state index in [9.17, 15) is 4.79 Å². The van der Waals surface area contributed by atoms with Crippen molar-refractivity contribution in [1.29, 1.82) is 0 Å². The Morgan fingerprint density at radius 2 is 2.60 bits per heavy atom. The van der Waals surface area contributed by atoms with Gasteiger partial charge in [-0.25, -0.2) is 0 Å². The van der Waals surface area contributed by atoms with Crippen molar-refractivity contribution in [3.8, 4) is 0 Å². The summed E-state index contributed by atoms with van der Waals surface area (Å²) in [6, 6.07) is 0. The fourth-order valence-electron chi connectivity index (χ4n) is 0.466. The Labute approximate surface area is 71.9 Å². The minimum Gasteiger partial charge on any atom is -0.287 e. The van der Waals surface area contributed by atoms with E-state index < -0.39 is 0 Å². The molecule has 0 aliphatic rings. The van der Waals surface area contributed by atoms with Crippen LogP contribution in [0.5, 0.6) is 0 Å². The summed E-state index contributed by atoms with van der Waals surface area (Å²) in [5.41, 5.74) is 0. The first kappa shape index (κ1) is 7.90. The lowest BCUT2D eigenvalue weighted by Gasteiger charge is -1.82. The second kappa shape index (κ2) is 3.27. The van der Waals surface area contributed by atoms with E-state index in [0.29, 0.717) is 8.96 Å². The SMILES string of the molecule is O=C(S)Cc1n[nH]c(=S)s1. The van der Waals surface area contributed by atoms with Crippen LogP contribution in [0.25, 0.3) is 0 Å². The highest BCUT2D eigenvalue weighted by Crippen LogP contribution is 2.05. The molecule has 10 heavy (non-hydrogen) atoms. The summed E-state index contributed by atoms with van der Waals surface area (Å²) in [6.45, 7) is 0. The van der Waals surface area contributed by atoms with Gasteiger partial charge >= 0.3 is 0 Å². The van der Waals surface area contributed by atoms with Crippen molar-refractivity contribution < 1.29 is 4.79 Å². The maximum absolute atomic E-state index is 10.4. The van der Waals surface area contributed by atoms with Crippen molar-refractivity contribution in [1.82, 2.24) is 10.2 Å². The quantitative estimate of drug-likeness (QED) is 0.546. The van der Waals surface area contributed by atoms with Crippen LogP contribution >= 0.6 is 36.2 Å². The summed E-state index contributed by atoms with van der Waals surface area (Å²) in [7, 11) is 0. The van der Waals surface area contributed by atoms with Gasteiger partial charge in [-0.2, -0.15) is 5.10 Å². The van der Waals surface area contributed by atoms with Gasteiger partial charge in [-0.3, -0.25) is 9.89 Å². The summed E-state index contributed by atoms with van der Waals surface area (Å²) >= 11 is 9.64. The maximum Gasteiger partial charge on any atom is 0.192 e. The Morgan fingerprint density at radius 3 is 3.00 bits per heavy atom. The second-order valence-electron chi connectivity index (χ2n) is 1.58. The van der Waals surface area contributed by atoms with Crippen LogP contribution < -0.4 is 0 Å². The van der Waals surface area contributed by atoms with Crippen molar-refractivity contribution >= 4 is 41.3 Å². The summed E-state index contributed by atoms with van der Waals surface area (Å²) in [5, 5.41) is 6.84. The first-order valence-corrected chi connectivity index (χ1v) is 4.12. The van der Waals surface area contributed by atoms with Crippen LogP contribution in [0.15, 0.2) is 0 Å². The number of carbonyl (C=O) groups excluding carboxylic acids is 1. The minimum absolute atomic E-state index is 0.197. The van der Waals surface area contributed by atoms with Gasteiger partial charge in [0.2, 0.25) is 0 Å². The van der Waals surface area contributed by atoms with Crippen molar-refractivity contribution in [3.05, 3.63) is 8.96 Å². The number of rotatable bonds is 2. The monoisotopic (exact) mass is 192 g/mol. The van der Waals surface area contributed by atoms with Gasteiger partial charge in [0.15, 0.2) is 9.07 Å². The van der Waals surface area contributed by atoms with Gasteiger partial charge in [-0.1, -0.05) is 11.3 Å². The maximum atomic E-state index is 10.4. The molecule has 6 heteroatoms. The van der Waals surface area contributed by atoms with Crippen LogP contribution in [-0.2, 0) is 11.2 Å². The largest absolute Gasteiger partial charge is 0.287 e. The number of hydrogen-bond donors (Lipinski definition) is 2. The third kappa shape index (κ3) is 2.20. The van der Waals surface area contributed by atoms with E-state index in [-0.39, 0.29) is 11.5 Å². The van der Waals surface area contributed by atoms with Crippen LogP contribution in [0, 0.1) is 3.95 Å². The lowest BCUT2D eigenvalue weighted by Crippen LogP contribution is -1.91. The molecule has 3 nitrogen and oxygen atoms in total. The molecule has 0 aromatic carbocycles. The van der Waals surface area contributed by atoms with Crippen LogP contribution in [0.4, 0.5) is 0 Å². The fourth-order valence-corrected chi connectivity index (χ4v) is 1.66. The number of hydrogen-bond acceptors (Lipinski definition) is 4. The van der Waals surface area contributed by atoms with E-state index in [2.05, 4.69) is 22.8 Å². The number of nitrogens with zero attached hydrogens (tertiary/aromatic N) is 1. The molecule has 1 heterocycles. The highest BCUT2D eigenvalue weighted by molar-refractivity contribution is 7.96. The molecule has 0 aliphatic carbocycles. The standard InChI is InChI=1S/C4H4N2OS3/c7-3(8)1-2-5-6-4(9)10-2/h1H2,(H,6,9)(H,7,8). The summed E-state index contributed by atoms with van der Waals surface area (Å²) in [5.74, 6) is 0. The minimum atomic E-state index is -0.197. The van der Waals surface area contributed by atoms with Crippen LogP contribution in [0.1, 0.15) is 5.01 Å². The molecular weight excluding hydrogens is 188 g/mol. The van der Waals surface area contributed by atoms with E-state index >= 15 is 0 Å². The van der Waals surface area contributed by atoms with Gasteiger partial charge in [0.1, 0.15) is 5.01 Å². The first-order chi connectivity index (χ1) is 4.68. The van der Waals surface area contributed by atoms with E-state index in [4.69, 9.17) is 12.2 Å². The molecule has 0 unspecified atom stereocenters. The van der Waals surface area contributed by atoms with Gasteiger partial charge in [0.25, 0.3) is 0 Å². The van der Waals surface area contributed by atoms with Crippen molar-refractivity contribution in [2.24, 2.45) is 0 Å². The van der Waals surface area contributed by atoms with Gasteiger partial charge < -0.3 is 0 Å². The average molecular weight is 192 g/mol. The zero-order valence-electron chi connectivity index (χ0n) is 4.83. The molecule has 0 saturated carbocycles. The van der Waals surface area contributed by atoms with Crippen molar-refractivity contribution in [2.45, 2.75) is 6.42 Å². The molecule has 0 aliphatic heterocycles. The van der Waals surface area contributed by atoms with Crippen LogP contribution in [0.2, 0.25) is 0 Å². The number of carbonyl (C=O) groups is 1. The van der Waals surface area contributed by atoms with E-state index in [0.717, 1.165) is 0 Å². The average Bonchev–Trinajstić information content (AvgIpc) is 2.13. The molecule has 0 radical (unpaired) electrons. The molecule has 0 spiro atoms. The molecule has 0 bridgehead atoms. The third-order valence-corrected chi connectivity index (χ3v) is 2.03. The molecule has 0 amide bonds. The lowest BCUT2D eigenvalue weighted by molar-refractivity contribution is -0.110. The number of nitrogens with one attached hydrogen (secondary N) is 1. The van der Waals surface area contributed by atoms with Gasteiger partial charge in [-0.15, -0.1) is 12.6 Å². The first-order valence-electron chi connectivity index (χ1n) is 2.44. The topological polar surface area (TPSA) is 45.8 Å². The second-order valence-corrected chi connectivity index (χ2v) is 3.83. The highest BCUT2D eigenvalue weighted by Gasteiger charge is 2.00.